The van der Waals surface area contributed by atoms with E-state index in [2.05, 4.69) is 6.58 Å². The van der Waals surface area contributed by atoms with Gasteiger partial charge in [-0.1, -0.05) is 23.8 Å². The normalized spacial score (nSPS) is 35.9. The van der Waals surface area contributed by atoms with Gasteiger partial charge in [-0.05, 0) is 26.7 Å². The molecule has 0 radical (unpaired) electrons. The zero-order chi connectivity index (χ0) is 28.0. The first kappa shape index (κ1) is 30.0. The van der Waals surface area contributed by atoms with Crippen LogP contribution in [0.25, 0.3) is 0 Å². The van der Waals surface area contributed by atoms with Crippen LogP contribution >= 0.6 is 0 Å². The van der Waals surface area contributed by atoms with Gasteiger partial charge in [-0.3, -0.25) is 0 Å². The van der Waals surface area contributed by atoms with Crippen LogP contribution in [0.2, 0.25) is 0 Å². The van der Waals surface area contributed by atoms with Crippen LogP contribution in [0.4, 0.5) is 0 Å². The van der Waals surface area contributed by atoms with Crippen LogP contribution in [0.1, 0.15) is 33.1 Å². The average Bonchev–Trinajstić information content (AvgIpc) is 2.88. The maximum atomic E-state index is 12.6. The van der Waals surface area contributed by atoms with Crippen LogP contribution in [-0.2, 0) is 33.3 Å². The molecule has 0 aromatic carbocycles. The molecule has 3 aliphatic rings. The van der Waals surface area contributed by atoms with Gasteiger partial charge in [-0.25, -0.2) is 9.59 Å². The lowest BCUT2D eigenvalue weighted by Gasteiger charge is -2.44. The van der Waals surface area contributed by atoms with E-state index in [0.29, 0.717) is 18.4 Å². The van der Waals surface area contributed by atoms with E-state index >= 15 is 0 Å². The second-order valence-electron chi connectivity index (χ2n) is 9.47. The van der Waals surface area contributed by atoms with Crippen molar-refractivity contribution in [3.05, 3.63) is 47.8 Å². The number of carbonyl (C=O) groups excluding carboxylic acids is 2. The van der Waals surface area contributed by atoms with Crippen molar-refractivity contribution in [3.63, 3.8) is 0 Å². The SMILES string of the molecule is C=CC1C(O[C@@H]2O[C@H](CO)[C@@H](O)[C@H](O)[C@H]2O)OC=C2C(=O)OC(OC(=O)/C(C)=C/CC/C(C)=C\CO)CC21. The van der Waals surface area contributed by atoms with Crippen molar-refractivity contribution in [2.24, 2.45) is 11.8 Å². The lowest BCUT2D eigenvalue weighted by molar-refractivity contribution is -0.340. The van der Waals surface area contributed by atoms with Crippen molar-refractivity contribution in [1.29, 1.82) is 0 Å². The molecule has 38 heavy (non-hydrogen) atoms. The quantitative estimate of drug-likeness (QED) is 0.142. The van der Waals surface area contributed by atoms with Crippen LogP contribution in [-0.4, -0.2) is 94.0 Å². The molecule has 0 aliphatic carbocycles. The van der Waals surface area contributed by atoms with Crippen molar-refractivity contribution in [1.82, 2.24) is 0 Å². The Morgan fingerprint density at radius 3 is 2.53 bits per heavy atom. The molecule has 5 N–H and O–H groups in total. The zero-order valence-corrected chi connectivity index (χ0v) is 21.3. The maximum Gasteiger partial charge on any atom is 0.340 e. The largest absolute Gasteiger partial charge is 0.471 e. The Morgan fingerprint density at radius 2 is 1.87 bits per heavy atom. The highest BCUT2D eigenvalue weighted by atomic mass is 16.8. The summed E-state index contributed by atoms with van der Waals surface area (Å²) in [5, 5.41) is 48.7. The number of esters is 2. The van der Waals surface area contributed by atoms with Gasteiger partial charge in [-0.2, -0.15) is 0 Å². The predicted octanol–water partition coefficient (Wildman–Crippen LogP) is -0.0572. The fraction of sp³-hybridized carbons (Fsp3) is 0.615. The number of cyclic esters (lactones) is 1. The highest BCUT2D eigenvalue weighted by Crippen LogP contribution is 2.40. The molecule has 12 nitrogen and oxygen atoms in total. The van der Waals surface area contributed by atoms with Gasteiger partial charge in [0.25, 0.3) is 0 Å². The first-order chi connectivity index (χ1) is 18.1. The minimum Gasteiger partial charge on any atom is -0.471 e. The minimum atomic E-state index is -1.64. The third-order valence-electron chi connectivity index (χ3n) is 6.81. The highest BCUT2D eigenvalue weighted by molar-refractivity contribution is 5.91. The smallest absolute Gasteiger partial charge is 0.340 e. The number of aliphatic hydroxyl groups is 5. The Kier molecular flexibility index (Phi) is 10.6. The molecule has 3 rings (SSSR count). The van der Waals surface area contributed by atoms with Crippen LogP contribution < -0.4 is 0 Å². The van der Waals surface area contributed by atoms with Gasteiger partial charge < -0.3 is 49.2 Å². The summed E-state index contributed by atoms with van der Waals surface area (Å²) in [4.78, 5) is 25.2. The molecule has 0 spiro atoms. The van der Waals surface area contributed by atoms with Crippen molar-refractivity contribution in [2.75, 3.05) is 13.2 Å². The van der Waals surface area contributed by atoms with E-state index in [4.69, 9.17) is 28.8 Å². The maximum absolute atomic E-state index is 12.6. The standard InChI is InChI=1S/C26H36O12/c1-4-15-16-10-19(36-23(32)14(3)7-5-6-13(2)8-9-27)37-24(33)17(16)12-34-25(15)38-26-22(31)21(30)20(29)18(11-28)35-26/h4,7-8,12,15-16,18-22,25-31H,1,5-6,9-11H2,2-3H3/b13-8-,14-7+/t15?,16?,18-,19?,20-,21+,22-,25?,26+/m1/s1. The Bertz CT molecular complexity index is 954. The van der Waals surface area contributed by atoms with E-state index in [9.17, 15) is 30.0 Å². The summed E-state index contributed by atoms with van der Waals surface area (Å²) in [6.07, 6.45) is -2.41. The van der Waals surface area contributed by atoms with Gasteiger partial charge in [0, 0.05) is 23.8 Å². The van der Waals surface area contributed by atoms with E-state index in [1.807, 2.05) is 6.92 Å². The molecule has 0 aromatic rings. The number of aliphatic hydroxyl groups excluding tert-OH is 5. The van der Waals surface area contributed by atoms with Crippen LogP contribution in [0.15, 0.2) is 47.8 Å². The molecule has 212 valence electrons. The summed E-state index contributed by atoms with van der Waals surface area (Å²) in [6.45, 7) is 6.58. The van der Waals surface area contributed by atoms with Crippen LogP contribution in [0.5, 0.6) is 0 Å². The second kappa shape index (κ2) is 13.5. The molecule has 4 unspecified atom stereocenters. The van der Waals surface area contributed by atoms with E-state index in [0.717, 1.165) is 11.8 Å². The molecule has 3 heterocycles. The van der Waals surface area contributed by atoms with Gasteiger partial charge in [0.15, 0.2) is 6.29 Å². The van der Waals surface area contributed by atoms with Crippen LogP contribution in [0.3, 0.4) is 0 Å². The third-order valence-corrected chi connectivity index (χ3v) is 6.81. The lowest BCUT2D eigenvalue weighted by atomic mass is 9.80. The van der Waals surface area contributed by atoms with E-state index in [1.54, 1.807) is 19.1 Å². The Morgan fingerprint density at radius 1 is 1.13 bits per heavy atom. The average molecular weight is 541 g/mol. The van der Waals surface area contributed by atoms with Crippen molar-refractivity contribution in [2.45, 2.75) is 76.4 Å². The summed E-state index contributed by atoms with van der Waals surface area (Å²) in [7, 11) is 0. The molecule has 0 saturated carbocycles. The number of ether oxygens (including phenoxy) is 5. The monoisotopic (exact) mass is 540 g/mol. The molecule has 12 heteroatoms. The summed E-state index contributed by atoms with van der Waals surface area (Å²) < 4.78 is 27.4. The molecule has 0 amide bonds. The molecule has 0 bridgehead atoms. The first-order valence-corrected chi connectivity index (χ1v) is 12.4. The highest BCUT2D eigenvalue weighted by Gasteiger charge is 2.49. The fourth-order valence-electron chi connectivity index (χ4n) is 4.49. The Labute approximate surface area is 220 Å². The molecule has 2 fully saturated rings. The van der Waals surface area contributed by atoms with E-state index in [-0.39, 0.29) is 18.6 Å². The lowest BCUT2D eigenvalue weighted by Crippen LogP contribution is -2.60. The minimum absolute atomic E-state index is 0.0492. The summed E-state index contributed by atoms with van der Waals surface area (Å²) in [6, 6.07) is 0. The zero-order valence-electron chi connectivity index (χ0n) is 21.3. The van der Waals surface area contributed by atoms with E-state index < -0.39 is 73.7 Å². The topological polar surface area (TPSA) is 181 Å². The van der Waals surface area contributed by atoms with Gasteiger partial charge in [0.2, 0.25) is 12.6 Å². The second-order valence-corrected chi connectivity index (χ2v) is 9.47. The number of rotatable bonds is 10. The predicted molar refractivity (Wildman–Crippen MR) is 129 cm³/mol. The molecular formula is C26H36O12. The van der Waals surface area contributed by atoms with Crippen molar-refractivity contribution < 1.29 is 58.8 Å². The third kappa shape index (κ3) is 6.89. The number of hydrogen-bond donors (Lipinski definition) is 5. The number of allylic oxidation sites excluding steroid dienone is 2. The number of hydrogen-bond acceptors (Lipinski definition) is 12. The van der Waals surface area contributed by atoms with Crippen molar-refractivity contribution >= 4 is 11.9 Å². The van der Waals surface area contributed by atoms with Gasteiger partial charge in [0.05, 0.1) is 25.0 Å². The molecular weight excluding hydrogens is 504 g/mol. The number of carbonyl (C=O) groups is 2. The number of fused-ring (bicyclic) bond motifs is 1. The van der Waals surface area contributed by atoms with Crippen LogP contribution in [0, 0.1) is 11.8 Å². The Balaban J connectivity index is 1.66. The Hall–Kier alpha value is -2.58. The van der Waals surface area contributed by atoms with Gasteiger partial charge >= 0.3 is 11.9 Å². The molecule has 3 aliphatic heterocycles. The van der Waals surface area contributed by atoms with E-state index in [1.165, 1.54) is 6.08 Å². The molecule has 0 aromatic heterocycles. The van der Waals surface area contributed by atoms with Crippen molar-refractivity contribution in [3.8, 4) is 0 Å². The van der Waals surface area contributed by atoms with Gasteiger partial charge in [0.1, 0.15) is 24.4 Å². The summed E-state index contributed by atoms with van der Waals surface area (Å²) >= 11 is 0. The first-order valence-electron chi connectivity index (χ1n) is 12.4. The molecule has 9 atom stereocenters. The fourth-order valence-corrected chi connectivity index (χ4v) is 4.49. The summed E-state index contributed by atoms with van der Waals surface area (Å²) in [5.74, 6) is -2.63. The molecule has 2 saturated heterocycles. The summed E-state index contributed by atoms with van der Waals surface area (Å²) in [5.41, 5.74) is 1.52. The van der Waals surface area contributed by atoms with Gasteiger partial charge in [-0.15, -0.1) is 6.58 Å².